The maximum Gasteiger partial charge on any atom is 0.325 e. The van der Waals surface area contributed by atoms with Gasteiger partial charge in [-0.15, -0.1) is 11.3 Å². The quantitative estimate of drug-likeness (QED) is 0.809. The molecule has 0 spiro atoms. The third-order valence-electron chi connectivity index (χ3n) is 2.31. The molecule has 1 aromatic rings. The van der Waals surface area contributed by atoms with Crippen molar-refractivity contribution in [2.24, 2.45) is 0 Å². The van der Waals surface area contributed by atoms with Crippen molar-refractivity contribution in [2.75, 3.05) is 14.1 Å². The Hall–Kier alpha value is -1.45. The molecular weight excluding hydrogens is 292 g/mol. The second-order valence-corrected chi connectivity index (χ2v) is 6.97. The Labute approximate surface area is 114 Å². The number of hydrogen-bond donors (Lipinski definition) is 2. The molecule has 1 aromatic heterocycles. The van der Waals surface area contributed by atoms with E-state index in [4.69, 9.17) is 5.11 Å². The number of nitrogens with one attached hydrogen (secondary N) is 1. The average molecular weight is 306 g/mol. The van der Waals surface area contributed by atoms with Gasteiger partial charge in [0, 0.05) is 14.1 Å². The zero-order valence-corrected chi connectivity index (χ0v) is 12.2. The zero-order valence-electron chi connectivity index (χ0n) is 10.6. The lowest BCUT2D eigenvalue weighted by molar-refractivity contribution is -0.138. The van der Waals surface area contributed by atoms with Gasteiger partial charge in [0.05, 0.1) is 0 Å². The van der Waals surface area contributed by atoms with Gasteiger partial charge in [0.15, 0.2) is 0 Å². The number of aliphatic carboxylic acids is 1. The van der Waals surface area contributed by atoms with Gasteiger partial charge in [-0.3, -0.25) is 9.59 Å². The second kappa shape index (κ2) is 5.68. The Morgan fingerprint density at radius 2 is 2.00 bits per heavy atom. The standard InChI is InChI=1S/C10H14N2O5S2/c1-6(10(14)15)11-9(13)8-7(4-5-18-8)19(16,17)12(2)3/h4-6H,1-3H3,(H,11,13)(H,14,15). The molecule has 1 atom stereocenters. The third-order valence-corrected chi connectivity index (χ3v) is 5.21. The summed E-state index contributed by atoms with van der Waals surface area (Å²) in [5.41, 5.74) is 0. The summed E-state index contributed by atoms with van der Waals surface area (Å²) in [4.78, 5) is 22.4. The molecule has 1 amide bonds. The van der Waals surface area contributed by atoms with Crippen LogP contribution in [0, 0.1) is 0 Å². The van der Waals surface area contributed by atoms with Crippen molar-refractivity contribution in [1.82, 2.24) is 9.62 Å². The van der Waals surface area contributed by atoms with Gasteiger partial charge in [0.1, 0.15) is 15.8 Å². The van der Waals surface area contributed by atoms with Gasteiger partial charge in [0.25, 0.3) is 5.91 Å². The Bertz CT molecular complexity index is 591. The molecule has 1 unspecified atom stereocenters. The number of carboxylic acid groups (broad SMARTS) is 1. The summed E-state index contributed by atoms with van der Waals surface area (Å²) in [6.07, 6.45) is 0. The molecule has 0 saturated carbocycles. The highest BCUT2D eigenvalue weighted by Crippen LogP contribution is 2.24. The number of carbonyl (C=O) groups is 2. The van der Waals surface area contributed by atoms with Crippen LogP contribution in [0.2, 0.25) is 0 Å². The van der Waals surface area contributed by atoms with E-state index in [1.54, 1.807) is 0 Å². The normalized spacial score (nSPS) is 13.3. The summed E-state index contributed by atoms with van der Waals surface area (Å²) < 4.78 is 24.9. The summed E-state index contributed by atoms with van der Waals surface area (Å²) >= 11 is 0.945. The molecule has 0 radical (unpaired) electrons. The zero-order chi connectivity index (χ0) is 14.8. The fraction of sp³-hybridized carbons (Fsp3) is 0.400. The van der Waals surface area contributed by atoms with Crippen LogP contribution in [0.5, 0.6) is 0 Å². The van der Waals surface area contributed by atoms with E-state index in [1.165, 1.54) is 32.5 Å². The van der Waals surface area contributed by atoms with Crippen molar-refractivity contribution in [2.45, 2.75) is 17.9 Å². The molecular formula is C10H14N2O5S2. The minimum absolute atomic E-state index is 0.0261. The second-order valence-electron chi connectivity index (χ2n) is 3.93. The smallest absolute Gasteiger partial charge is 0.325 e. The molecule has 2 N–H and O–H groups in total. The number of hydrogen-bond acceptors (Lipinski definition) is 5. The number of nitrogens with zero attached hydrogens (tertiary/aromatic N) is 1. The summed E-state index contributed by atoms with van der Waals surface area (Å²) in [5.74, 6) is -1.91. The van der Waals surface area contributed by atoms with Crippen LogP contribution in [0.15, 0.2) is 16.3 Å². The summed E-state index contributed by atoms with van der Waals surface area (Å²) in [6.45, 7) is 1.30. The first kappa shape index (κ1) is 15.6. The van der Waals surface area contributed by atoms with Crippen molar-refractivity contribution >= 4 is 33.2 Å². The highest BCUT2D eigenvalue weighted by molar-refractivity contribution is 7.89. The fourth-order valence-corrected chi connectivity index (χ4v) is 3.38. The molecule has 106 valence electrons. The molecule has 0 fully saturated rings. The monoisotopic (exact) mass is 306 g/mol. The van der Waals surface area contributed by atoms with Gasteiger partial charge >= 0.3 is 5.97 Å². The van der Waals surface area contributed by atoms with Crippen LogP contribution in [0.4, 0.5) is 0 Å². The minimum atomic E-state index is -3.73. The van der Waals surface area contributed by atoms with Crippen molar-refractivity contribution in [3.8, 4) is 0 Å². The van der Waals surface area contributed by atoms with Gasteiger partial charge in [-0.25, -0.2) is 12.7 Å². The highest BCUT2D eigenvalue weighted by atomic mass is 32.2. The SMILES string of the molecule is CC(NC(=O)c1sccc1S(=O)(=O)N(C)C)C(=O)O. The average Bonchev–Trinajstić information content (AvgIpc) is 2.77. The number of carbonyl (C=O) groups excluding carboxylic acids is 1. The maximum absolute atomic E-state index is 12.0. The van der Waals surface area contributed by atoms with Gasteiger partial charge in [0.2, 0.25) is 10.0 Å². The first-order valence-electron chi connectivity index (χ1n) is 5.21. The lowest BCUT2D eigenvalue weighted by Gasteiger charge is -2.13. The van der Waals surface area contributed by atoms with Crippen LogP contribution in [0.1, 0.15) is 16.6 Å². The highest BCUT2D eigenvalue weighted by Gasteiger charge is 2.27. The number of thiophene rings is 1. The molecule has 19 heavy (non-hydrogen) atoms. The first-order chi connectivity index (χ1) is 8.67. The van der Waals surface area contributed by atoms with E-state index >= 15 is 0 Å². The lowest BCUT2D eigenvalue weighted by atomic mass is 10.3. The molecule has 0 aliphatic heterocycles. The third kappa shape index (κ3) is 3.31. The van der Waals surface area contributed by atoms with Crippen LogP contribution < -0.4 is 5.32 Å². The topological polar surface area (TPSA) is 104 Å². The molecule has 0 aliphatic carbocycles. The Morgan fingerprint density at radius 1 is 1.42 bits per heavy atom. The molecule has 1 heterocycles. The van der Waals surface area contributed by atoms with Gasteiger partial charge in [-0.05, 0) is 18.4 Å². The van der Waals surface area contributed by atoms with Crippen LogP contribution in [0.3, 0.4) is 0 Å². The van der Waals surface area contributed by atoms with E-state index in [1.807, 2.05) is 0 Å². The molecule has 0 aromatic carbocycles. The summed E-state index contributed by atoms with van der Waals surface area (Å²) in [5, 5.41) is 12.4. The largest absolute Gasteiger partial charge is 0.480 e. The molecule has 1 rings (SSSR count). The van der Waals surface area contributed by atoms with E-state index in [9.17, 15) is 18.0 Å². The molecule has 0 bridgehead atoms. The molecule has 7 nitrogen and oxygen atoms in total. The van der Waals surface area contributed by atoms with E-state index in [0.29, 0.717) is 0 Å². The molecule has 9 heteroatoms. The Morgan fingerprint density at radius 3 is 2.47 bits per heavy atom. The van der Waals surface area contributed by atoms with Crippen LogP contribution >= 0.6 is 11.3 Å². The van der Waals surface area contributed by atoms with E-state index in [0.717, 1.165) is 15.6 Å². The predicted octanol–water partition coefficient (Wildman–Crippen LogP) is 0.201. The predicted molar refractivity (Wildman–Crippen MR) is 69.8 cm³/mol. The fourth-order valence-electron chi connectivity index (χ4n) is 1.19. The van der Waals surface area contributed by atoms with Gasteiger partial charge in [-0.1, -0.05) is 0 Å². The number of carboxylic acids is 1. The van der Waals surface area contributed by atoms with Crippen LogP contribution in [0.25, 0.3) is 0 Å². The summed E-state index contributed by atoms with van der Waals surface area (Å²) in [6, 6.07) is 0.227. The van der Waals surface area contributed by atoms with Crippen molar-refractivity contribution in [3.05, 3.63) is 16.3 Å². The maximum atomic E-state index is 12.0. The molecule has 0 aliphatic rings. The van der Waals surface area contributed by atoms with Crippen molar-refractivity contribution in [3.63, 3.8) is 0 Å². The minimum Gasteiger partial charge on any atom is -0.480 e. The summed E-state index contributed by atoms with van der Waals surface area (Å²) in [7, 11) is -1.02. The van der Waals surface area contributed by atoms with Crippen molar-refractivity contribution < 1.29 is 23.1 Å². The molecule has 0 saturated heterocycles. The van der Waals surface area contributed by atoms with Crippen LogP contribution in [-0.4, -0.2) is 49.8 Å². The Kier molecular flexibility index (Phi) is 4.66. The van der Waals surface area contributed by atoms with Gasteiger partial charge < -0.3 is 10.4 Å². The van der Waals surface area contributed by atoms with Gasteiger partial charge in [-0.2, -0.15) is 0 Å². The van der Waals surface area contributed by atoms with Crippen molar-refractivity contribution in [1.29, 1.82) is 0 Å². The van der Waals surface area contributed by atoms with E-state index in [2.05, 4.69) is 5.32 Å². The first-order valence-corrected chi connectivity index (χ1v) is 7.53. The number of rotatable bonds is 5. The number of amides is 1. The van der Waals surface area contributed by atoms with E-state index in [-0.39, 0.29) is 9.77 Å². The van der Waals surface area contributed by atoms with Crippen LogP contribution in [-0.2, 0) is 14.8 Å². The number of sulfonamides is 1. The Balaban J connectivity index is 3.08. The van der Waals surface area contributed by atoms with E-state index < -0.39 is 27.9 Å². The lowest BCUT2D eigenvalue weighted by Crippen LogP contribution is -2.38.